The summed E-state index contributed by atoms with van der Waals surface area (Å²) >= 11 is 1.76. The quantitative estimate of drug-likeness (QED) is 0.892. The van der Waals surface area contributed by atoms with E-state index in [1.165, 1.54) is 5.01 Å². The van der Waals surface area contributed by atoms with E-state index in [4.69, 9.17) is 0 Å². The first-order valence-corrected chi connectivity index (χ1v) is 9.12. The summed E-state index contributed by atoms with van der Waals surface area (Å²) in [7, 11) is 1.95. The highest BCUT2D eigenvalue weighted by atomic mass is 32.1. The van der Waals surface area contributed by atoms with Gasteiger partial charge in [0, 0.05) is 49.7 Å². The van der Waals surface area contributed by atoms with Crippen molar-refractivity contribution in [1.82, 2.24) is 20.1 Å². The molecule has 0 saturated carbocycles. The van der Waals surface area contributed by atoms with Crippen LogP contribution in [0.2, 0.25) is 0 Å². The van der Waals surface area contributed by atoms with Crippen molar-refractivity contribution in [3.8, 4) is 0 Å². The second-order valence-electron chi connectivity index (χ2n) is 6.46. The Hall–Kier alpha value is -0.980. The number of likely N-dealkylation sites (tertiary alicyclic amines) is 2. The number of carbonyl (C=O) groups is 1. The highest BCUT2D eigenvalue weighted by molar-refractivity contribution is 7.09. The van der Waals surface area contributed by atoms with Crippen molar-refractivity contribution in [2.45, 2.75) is 38.8 Å². The lowest BCUT2D eigenvalue weighted by atomic mass is 9.83. The molecule has 122 valence electrons. The van der Waals surface area contributed by atoms with Gasteiger partial charge in [-0.2, -0.15) is 0 Å². The van der Waals surface area contributed by atoms with Crippen LogP contribution in [0.15, 0.2) is 5.38 Å². The predicted octanol–water partition coefficient (Wildman–Crippen LogP) is 1.48. The highest BCUT2D eigenvalue weighted by Crippen LogP contribution is 2.31. The fraction of sp³-hybridized carbons (Fsp3) is 0.750. The second kappa shape index (κ2) is 7.06. The number of hydrogen-bond acceptors (Lipinski definition) is 5. The van der Waals surface area contributed by atoms with Crippen molar-refractivity contribution in [2.75, 3.05) is 33.2 Å². The van der Waals surface area contributed by atoms with E-state index in [-0.39, 0.29) is 0 Å². The summed E-state index contributed by atoms with van der Waals surface area (Å²) in [6.07, 6.45) is 2.87. The van der Waals surface area contributed by atoms with Gasteiger partial charge in [-0.05, 0) is 32.7 Å². The van der Waals surface area contributed by atoms with Crippen LogP contribution in [0.3, 0.4) is 0 Å². The van der Waals surface area contributed by atoms with Crippen molar-refractivity contribution in [1.29, 1.82) is 0 Å². The van der Waals surface area contributed by atoms with Crippen LogP contribution in [-0.2, 0) is 11.3 Å². The van der Waals surface area contributed by atoms with Crippen molar-refractivity contribution in [3.63, 3.8) is 0 Å². The van der Waals surface area contributed by atoms with E-state index in [1.807, 2.05) is 7.05 Å². The Morgan fingerprint density at radius 1 is 1.45 bits per heavy atom. The molecule has 1 N–H and O–H groups in total. The molecule has 3 rings (SSSR count). The van der Waals surface area contributed by atoms with E-state index in [1.54, 1.807) is 11.3 Å². The van der Waals surface area contributed by atoms with E-state index in [0.29, 0.717) is 17.9 Å². The number of nitrogens with one attached hydrogen (secondary N) is 1. The third kappa shape index (κ3) is 3.50. The molecular formula is C16H26N4OS. The van der Waals surface area contributed by atoms with E-state index < -0.39 is 0 Å². The largest absolute Gasteiger partial charge is 0.338 e. The molecule has 1 amide bonds. The SMILES string of the molecule is CNCCN1C(=O)CC[C@H]2CN(Cc3nc(C)cs3)CC[C@H]21. The zero-order chi connectivity index (χ0) is 15.5. The van der Waals surface area contributed by atoms with Crippen LogP contribution in [0.5, 0.6) is 0 Å². The summed E-state index contributed by atoms with van der Waals surface area (Å²) < 4.78 is 0. The second-order valence-corrected chi connectivity index (χ2v) is 7.41. The maximum atomic E-state index is 12.2. The molecule has 22 heavy (non-hydrogen) atoms. The number of likely N-dealkylation sites (N-methyl/N-ethyl adjacent to an activating group) is 1. The lowest BCUT2D eigenvalue weighted by Gasteiger charge is -2.47. The molecule has 0 aromatic carbocycles. The minimum Gasteiger partial charge on any atom is -0.338 e. The number of aromatic nitrogens is 1. The topological polar surface area (TPSA) is 48.5 Å². The zero-order valence-electron chi connectivity index (χ0n) is 13.5. The Morgan fingerprint density at radius 2 is 2.32 bits per heavy atom. The lowest BCUT2D eigenvalue weighted by molar-refractivity contribution is -0.141. The van der Waals surface area contributed by atoms with Gasteiger partial charge in [0.1, 0.15) is 5.01 Å². The number of nitrogens with zero attached hydrogens (tertiary/aromatic N) is 3. The Balaban J connectivity index is 1.60. The summed E-state index contributed by atoms with van der Waals surface area (Å²) in [5, 5.41) is 6.51. The maximum Gasteiger partial charge on any atom is 0.222 e. The van der Waals surface area contributed by atoms with E-state index in [9.17, 15) is 4.79 Å². The van der Waals surface area contributed by atoms with Crippen LogP contribution in [-0.4, -0.2) is 60.0 Å². The van der Waals surface area contributed by atoms with Gasteiger partial charge in [-0.3, -0.25) is 9.69 Å². The molecule has 2 atom stereocenters. The van der Waals surface area contributed by atoms with Gasteiger partial charge in [0.05, 0.1) is 6.54 Å². The molecule has 0 bridgehead atoms. The van der Waals surface area contributed by atoms with Crippen LogP contribution in [0.25, 0.3) is 0 Å². The third-order valence-corrected chi connectivity index (χ3v) is 5.81. The number of amides is 1. The third-order valence-electron chi connectivity index (χ3n) is 4.86. The number of thiazole rings is 1. The monoisotopic (exact) mass is 322 g/mol. The average Bonchev–Trinajstić information content (AvgIpc) is 2.91. The normalized spacial score (nSPS) is 26.3. The number of hydrogen-bond donors (Lipinski definition) is 1. The summed E-state index contributed by atoms with van der Waals surface area (Å²) in [6.45, 7) is 6.93. The van der Waals surface area contributed by atoms with Gasteiger partial charge >= 0.3 is 0 Å². The van der Waals surface area contributed by atoms with Gasteiger partial charge in [0.15, 0.2) is 0 Å². The van der Waals surface area contributed by atoms with Crippen LogP contribution in [0.1, 0.15) is 30.0 Å². The van der Waals surface area contributed by atoms with Crippen LogP contribution >= 0.6 is 11.3 Å². The number of rotatable bonds is 5. The molecular weight excluding hydrogens is 296 g/mol. The Labute approximate surface area is 136 Å². The van der Waals surface area contributed by atoms with E-state index in [2.05, 4.69) is 32.4 Å². The molecule has 2 fully saturated rings. The predicted molar refractivity (Wildman–Crippen MR) is 88.9 cm³/mol. The molecule has 0 unspecified atom stereocenters. The molecule has 2 aliphatic rings. The molecule has 0 aliphatic carbocycles. The first kappa shape index (κ1) is 15.9. The smallest absolute Gasteiger partial charge is 0.222 e. The number of aryl methyl sites for hydroxylation is 1. The molecule has 0 spiro atoms. The Morgan fingerprint density at radius 3 is 3.05 bits per heavy atom. The summed E-state index contributed by atoms with van der Waals surface area (Å²) in [5.74, 6) is 0.977. The lowest BCUT2D eigenvalue weighted by Crippen LogP contribution is -2.56. The first-order valence-electron chi connectivity index (χ1n) is 8.25. The molecule has 1 aromatic rings. The van der Waals surface area contributed by atoms with Gasteiger partial charge < -0.3 is 10.2 Å². The summed E-state index contributed by atoms with van der Waals surface area (Å²) in [4.78, 5) is 21.4. The summed E-state index contributed by atoms with van der Waals surface area (Å²) in [5.41, 5.74) is 1.12. The zero-order valence-corrected chi connectivity index (χ0v) is 14.4. The number of fused-ring (bicyclic) bond motifs is 1. The van der Waals surface area contributed by atoms with Crippen LogP contribution < -0.4 is 5.32 Å². The van der Waals surface area contributed by atoms with Crippen molar-refractivity contribution in [3.05, 3.63) is 16.1 Å². The van der Waals surface area contributed by atoms with Crippen LogP contribution in [0.4, 0.5) is 0 Å². The number of piperidine rings is 2. The fourth-order valence-electron chi connectivity index (χ4n) is 3.76. The van der Waals surface area contributed by atoms with E-state index >= 15 is 0 Å². The van der Waals surface area contributed by atoms with Gasteiger partial charge in [-0.25, -0.2) is 4.98 Å². The molecule has 2 saturated heterocycles. The minimum absolute atomic E-state index is 0.348. The summed E-state index contributed by atoms with van der Waals surface area (Å²) in [6, 6.07) is 0.448. The number of carbonyl (C=O) groups excluding carboxylic acids is 1. The molecule has 0 radical (unpaired) electrons. The maximum absolute atomic E-state index is 12.2. The van der Waals surface area contributed by atoms with Crippen molar-refractivity contribution < 1.29 is 4.79 Å². The average molecular weight is 322 g/mol. The van der Waals surface area contributed by atoms with Crippen molar-refractivity contribution >= 4 is 17.2 Å². The standard InChI is InChI=1S/C16H26N4OS/c1-12-11-22-15(18-12)10-19-7-5-14-13(9-19)3-4-16(21)20(14)8-6-17-2/h11,13-14,17H,3-10H2,1-2H3/t13-,14+/m0/s1. The molecule has 5 nitrogen and oxygen atoms in total. The van der Waals surface area contributed by atoms with Crippen molar-refractivity contribution in [2.24, 2.45) is 5.92 Å². The highest BCUT2D eigenvalue weighted by Gasteiger charge is 2.38. The molecule has 3 heterocycles. The minimum atomic E-state index is 0.348. The van der Waals surface area contributed by atoms with E-state index in [0.717, 1.165) is 57.7 Å². The molecule has 6 heteroatoms. The van der Waals surface area contributed by atoms with Gasteiger partial charge in [-0.1, -0.05) is 0 Å². The van der Waals surface area contributed by atoms with Gasteiger partial charge in [0.25, 0.3) is 0 Å². The van der Waals surface area contributed by atoms with Gasteiger partial charge in [0.2, 0.25) is 5.91 Å². The first-order chi connectivity index (χ1) is 10.7. The van der Waals surface area contributed by atoms with Gasteiger partial charge in [-0.15, -0.1) is 11.3 Å². The fourth-order valence-corrected chi connectivity index (χ4v) is 4.57. The Bertz CT molecular complexity index is 518. The molecule has 2 aliphatic heterocycles. The molecule has 1 aromatic heterocycles. The van der Waals surface area contributed by atoms with Crippen LogP contribution in [0, 0.1) is 12.8 Å². The Kier molecular flexibility index (Phi) is 5.10.